The third kappa shape index (κ3) is 2.54. The highest BCUT2D eigenvalue weighted by Crippen LogP contribution is 2.22. The number of rotatable bonds is 3. The standard InChI is InChI=1S/C13H14BrNO/c1-9-4-2-3-5-10(9)8-11(15)12-6-7-13(14)16-12/h2-7,11H,8,15H2,1H3. The Balaban J connectivity index is 2.13. The normalized spacial score (nSPS) is 12.7. The second kappa shape index (κ2) is 4.85. The molecular formula is C13H14BrNO. The molecule has 1 aromatic heterocycles. The number of benzene rings is 1. The monoisotopic (exact) mass is 279 g/mol. The number of nitrogens with two attached hydrogens (primary N) is 1. The molecule has 0 saturated carbocycles. The molecule has 0 aliphatic heterocycles. The van der Waals surface area contributed by atoms with Gasteiger partial charge in [-0.15, -0.1) is 0 Å². The Kier molecular flexibility index (Phi) is 3.46. The van der Waals surface area contributed by atoms with Gasteiger partial charge in [0.25, 0.3) is 0 Å². The van der Waals surface area contributed by atoms with Crippen LogP contribution >= 0.6 is 15.9 Å². The third-order valence-corrected chi connectivity index (χ3v) is 3.09. The van der Waals surface area contributed by atoms with E-state index in [1.807, 2.05) is 24.3 Å². The molecule has 0 radical (unpaired) electrons. The lowest BCUT2D eigenvalue weighted by atomic mass is 10.0. The molecule has 2 nitrogen and oxygen atoms in total. The van der Waals surface area contributed by atoms with Crippen molar-refractivity contribution in [2.75, 3.05) is 0 Å². The predicted octanol–water partition coefficient (Wildman–Crippen LogP) is 3.59. The van der Waals surface area contributed by atoms with Crippen LogP contribution in [0.2, 0.25) is 0 Å². The molecule has 0 spiro atoms. The summed E-state index contributed by atoms with van der Waals surface area (Å²) in [7, 11) is 0. The number of furan rings is 1. The maximum atomic E-state index is 6.09. The summed E-state index contributed by atoms with van der Waals surface area (Å²) in [6.45, 7) is 2.10. The van der Waals surface area contributed by atoms with E-state index >= 15 is 0 Å². The van der Waals surface area contributed by atoms with E-state index in [0.29, 0.717) is 0 Å². The summed E-state index contributed by atoms with van der Waals surface area (Å²) in [6, 6.07) is 12.0. The van der Waals surface area contributed by atoms with Crippen molar-refractivity contribution in [1.29, 1.82) is 0 Å². The minimum Gasteiger partial charge on any atom is -0.453 e. The average Bonchev–Trinajstić information content (AvgIpc) is 2.68. The Labute approximate surface area is 104 Å². The first kappa shape index (κ1) is 11.4. The molecule has 1 aromatic carbocycles. The molecule has 84 valence electrons. The predicted molar refractivity (Wildman–Crippen MR) is 68.2 cm³/mol. The summed E-state index contributed by atoms with van der Waals surface area (Å²) in [5.74, 6) is 0.815. The van der Waals surface area contributed by atoms with Crippen LogP contribution in [0.3, 0.4) is 0 Å². The molecule has 0 fully saturated rings. The zero-order valence-corrected chi connectivity index (χ0v) is 10.7. The van der Waals surface area contributed by atoms with Gasteiger partial charge in [-0.3, -0.25) is 0 Å². The first-order valence-corrected chi connectivity index (χ1v) is 6.01. The van der Waals surface area contributed by atoms with E-state index in [1.165, 1.54) is 11.1 Å². The highest BCUT2D eigenvalue weighted by atomic mass is 79.9. The fraction of sp³-hybridized carbons (Fsp3) is 0.231. The maximum absolute atomic E-state index is 6.09. The van der Waals surface area contributed by atoms with Gasteiger partial charge in [-0.05, 0) is 52.5 Å². The van der Waals surface area contributed by atoms with Crippen LogP contribution in [0.1, 0.15) is 22.9 Å². The summed E-state index contributed by atoms with van der Waals surface area (Å²) in [5.41, 5.74) is 8.63. The lowest BCUT2D eigenvalue weighted by molar-refractivity contribution is 0.447. The number of hydrogen-bond donors (Lipinski definition) is 1. The van der Waals surface area contributed by atoms with Crippen LogP contribution in [0.15, 0.2) is 45.5 Å². The maximum Gasteiger partial charge on any atom is 0.169 e. The summed E-state index contributed by atoms with van der Waals surface area (Å²) in [5, 5.41) is 0. The molecule has 16 heavy (non-hydrogen) atoms. The first-order chi connectivity index (χ1) is 7.66. The zero-order valence-electron chi connectivity index (χ0n) is 9.11. The van der Waals surface area contributed by atoms with Crippen LogP contribution in [0.4, 0.5) is 0 Å². The summed E-state index contributed by atoms with van der Waals surface area (Å²) in [4.78, 5) is 0. The van der Waals surface area contributed by atoms with Gasteiger partial charge >= 0.3 is 0 Å². The molecule has 1 heterocycles. The van der Waals surface area contributed by atoms with Crippen LogP contribution in [0, 0.1) is 6.92 Å². The van der Waals surface area contributed by atoms with Gasteiger partial charge in [0.1, 0.15) is 5.76 Å². The van der Waals surface area contributed by atoms with Crippen LogP contribution < -0.4 is 5.73 Å². The minimum atomic E-state index is -0.0904. The van der Waals surface area contributed by atoms with E-state index in [-0.39, 0.29) is 6.04 Å². The summed E-state index contributed by atoms with van der Waals surface area (Å²) in [6.07, 6.45) is 0.798. The van der Waals surface area contributed by atoms with Gasteiger partial charge in [0.2, 0.25) is 0 Å². The molecule has 0 aliphatic rings. The largest absolute Gasteiger partial charge is 0.453 e. The van der Waals surface area contributed by atoms with Gasteiger partial charge in [0.05, 0.1) is 6.04 Å². The van der Waals surface area contributed by atoms with Crippen molar-refractivity contribution in [3.8, 4) is 0 Å². The van der Waals surface area contributed by atoms with Gasteiger partial charge in [-0.1, -0.05) is 24.3 Å². The van der Waals surface area contributed by atoms with Gasteiger partial charge in [-0.25, -0.2) is 0 Å². The third-order valence-electron chi connectivity index (χ3n) is 2.66. The van der Waals surface area contributed by atoms with Crippen molar-refractivity contribution in [3.05, 3.63) is 58.0 Å². The number of aryl methyl sites for hydroxylation is 1. The van der Waals surface area contributed by atoms with Crippen molar-refractivity contribution < 1.29 is 4.42 Å². The highest BCUT2D eigenvalue weighted by molar-refractivity contribution is 9.10. The summed E-state index contributed by atoms with van der Waals surface area (Å²) < 4.78 is 6.17. The van der Waals surface area contributed by atoms with Crippen LogP contribution in [-0.4, -0.2) is 0 Å². The van der Waals surface area contributed by atoms with E-state index in [0.717, 1.165) is 16.9 Å². The zero-order chi connectivity index (χ0) is 11.5. The van der Waals surface area contributed by atoms with Crippen molar-refractivity contribution in [2.24, 2.45) is 5.73 Å². The average molecular weight is 280 g/mol. The Hall–Kier alpha value is -1.06. The van der Waals surface area contributed by atoms with Crippen molar-refractivity contribution in [1.82, 2.24) is 0 Å². The molecule has 3 heteroatoms. The highest BCUT2D eigenvalue weighted by Gasteiger charge is 2.12. The first-order valence-electron chi connectivity index (χ1n) is 5.22. The molecule has 2 N–H and O–H groups in total. The summed E-state index contributed by atoms with van der Waals surface area (Å²) >= 11 is 3.28. The Bertz CT molecular complexity index is 478. The molecule has 2 aromatic rings. The van der Waals surface area contributed by atoms with Gasteiger partial charge in [0.15, 0.2) is 4.67 Å². The topological polar surface area (TPSA) is 39.2 Å². The van der Waals surface area contributed by atoms with Gasteiger partial charge in [0, 0.05) is 0 Å². The molecular weight excluding hydrogens is 266 g/mol. The van der Waals surface area contributed by atoms with E-state index in [9.17, 15) is 0 Å². The Morgan fingerprint density at radius 2 is 2.00 bits per heavy atom. The molecule has 0 aliphatic carbocycles. The number of halogens is 1. The number of hydrogen-bond acceptors (Lipinski definition) is 2. The minimum absolute atomic E-state index is 0.0904. The molecule has 2 rings (SSSR count). The van der Waals surface area contributed by atoms with Crippen molar-refractivity contribution >= 4 is 15.9 Å². The molecule has 1 unspecified atom stereocenters. The Morgan fingerprint density at radius 1 is 1.25 bits per heavy atom. The molecule has 0 amide bonds. The SMILES string of the molecule is Cc1ccccc1CC(N)c1ccc(Br)o1. The van der Waals surface area contributed by atoms with E-state index in [4.69, 9.17) is 10.2 Å². The van der Waals surface area contributed by atoms with Crippen molar-refractivity contribution in [3.63, 3.8) is 0 Å². The lowest BCUT2D eigenvalue weighted by Crippen LogP contribution is -2.13. The smallest absolute Gasteiger partial charge is 0.169 e. The van der Waals surface area contributed by atoms with E-state index in [1.54, 1.807) is 0 Å². The van der Waals surface area contributed by atoms with Gasteiger partial charge < -0.3 is 10.2 Å². The van der Waals surface area contributed by atoms with Crippen LogP contribution in [-0.2, 0) is 6.42 Å². The molecule has 0 bridgehead atoms. The quantitative estimate of drug-likeness (QED) is 0.933. The Morgan fingerprint density at radius 3 is 2.62 bits per heavy atom. The van der Waals surface area contributed by atoms with Gasteiger partial charge in [-0.2, -0.15) is 0 Å². The second-order valence-corrected chi connectivity index (χ2v) is 4.66. The lowest BCUT2D eigenvalue weighted by Gasteiger charge is -2.10. The second-order valence-electron chi connectivity index (χ2n) is 3.88. The van der Waals surface area contributed by atoms with E-state index < -0.39 is 0 Å². The van der Waals surface area contributed by atoms with Crippen molar-refractivity contribution in [2.45, 2.75) is 19.4 Å². The van der Waals surface area contributed by atoms with E-state index in [2.05, 4.69) is 35.0 Å². The fourth-order valence-electron chi connectivity index (χ4n) is 1.70. The van der Waals surface area contributed by atoms with Crippen LogP contribution in [0.5, 0.6) is 0 Å². The van der Waals surface area contributed by atoms with Crippen LogP contribution in [0.25, 0.3) is 0 Å². The molecule has 0 saturated heterocycles. The molecule has 1 atom stereocenters. The fourth-order valence-corrected chi connectivity index (χ4v) is 2.02.